The van der Waals surface area contributed by atoms with Crippen LogP contribution in [-0.2, 0) is 0 Å². The lowest BCUT2D eigenvalue weighted by atomic mass is 10.6. The molecule has 0 saturated carbocycles. The van der Waals surface area contributed by atoms with Crippen LogP contribution in [0.5, 0.6) is 0 Å². The van der Waals surface area contributed by atoms with Gasteiger partial charge in [-0.1, -0.05) is 6.92 Å². The van der Waals surface area contributed by atoms with Crippen molar-refractivity contribution in [3.8, 4) is 0 Å². The molecule has 0 aromatic carbocycles. The Hall–Kier alpha value is -0.480. The molecule has 0 radical (unpaired) electrons. The minimum Gasteiger partial charge on any atom is -0.296 e. The highest BCUT2D eigenvalue weighted by atomic mass is 32.2. The molecule has 2 aromatic heterocycles. The van der Waals surface area contributed by atoms with E-state index in [-0.39, 0.29) is 0 Å². The molecule has 0 spiro atoms. The highest BCUT2D eigenvalue weighted by Gasteiger charge is 2.04. The van der Waals surface area contributed by atoms with Crippen molar-refractivity contribution >= 4 is 27.9 Å². The standard InChI is InChI=1S/C8H10N2S2/c1-2-4-11-7-8-10(6-9-7)3-5-12-8/h3,5-6H,2,4H2,1H3. The first-order chi connectivity index (χ1) is 5.92. The maximum absolute atomic E-state index is 4.33. The van der Waals surface area contributed by atoms with Crippen molar-refractivity contribution in [2.45, 2.75) is 18.4 Å². The van der Waals surface area contributed by atoms with E-state index in [1.165, 1.54) is 16.3 Å². The van der Waals surface area contributed by atoms with E-state index in [1.54, 1.807) is 11.3 Å². The number of hydrogen-bond donors (Lipinski definition) is 0. The van der Waals surface area contributed by atoms with Gasteiger partial charge in [-0.15, -0.1) is 23.1 Å². The molecule has 4 heteroatoms. The molecule has 2 rings (SSSR count). The second kappa shape index (κ2) is 3.49. The predicted molar refractivity (Wildman–Crippen MR) is 54.1 cm³/mol. The SMILES string of the molecule is CCCSc1ncn2ccsc12. The lowest BCUT2D eigenvalue weighted by Gasteiger charge is -1.91. The molecular formula is C8H10N2S2. The summed E-state index contributed by atoms with van der Waals surface area (Å²) in [6.45, 7) is 2.19. The van der Waals surface area contributed by atoms with Gasteiger partial charge in [0.2, 0.25) is 0 Å². The van der Waals surface area contributed by atoms with Gasteiger partial charge in [-0.05, 0) is 12.2 Å². The van der Waals surface area contributed by atoms with Gasteiger partial charge in [-0.2, -0.15) is 0 Å². The molecular weight excluding hydrogens is 188 g/mol. The molecule has 2 nitrogen and oxygen atoms in total. The highest BCUT2D eigenvalue weighted by molar-refractivity contribution is 7.99. The third-order valence-electron chi connectivity index (χ3n) is 1.56. The van der Waals surface area contributed by atoms with Crippen LogP contribution in [-0.4, -0.2) is 15.1 Å². The van der Waals surface area contributed by atoms with Crippen LogP contribution in [0.1, 0.15) is 13.3 Å². The summed E-state index contributed by atoms with van der Waals surface area (Å²) in [5, 5.41) is 3.26. The maximum Gasteiger partial charge on any atom is 0.133 e. The Kier molecular flexibility index (Phi) is 2.37. The molecule has 0 aliphatic heterocycles. The Morgan fingerprint density at radius 1 is 1.67 bits per heavy atom. The highest BCUT2D eigenvalue weighted by Crippen LogP contribution is 2.25. The number of fused-ring (bicyclic) bond motifs is 1. The van der Waals surface area contributed by atoms with E-state index in [1.807, 2.05) is 24.3 Å². The molecule has 0 unspecified atom stereocenters. The Labute approximate surface area is 79.6 Å². The topological polar surface area (TPSA) is 17.3 Å². The Morgan fingerprint density at radius 2 is 2.58 bits per heavy atom. The maximum atomic E-state index is 4.33. The number of rotatable bonds is 3. The fraction of sp³-hybridized carbons (Fsp3) is 0.375. The zero-order chi connectivity index (χ0) is 8.39. The normalized spacial score (nSPS) is 11.1. The largest absolute Gasteiger partial charge is 0.296 e. The van der Waals surface area contributed by atoms with E-state index in [0.29, 0.717) is 0 Å². The average molecular weight is 198 g/mol. The van der Waals surface area contributed by atoms with Crippen LogP contribution in [0.25, 0.3) is 4.83 Å². The van der Waals surface area contributed by atoms with Gasteiger partial charge >= 0.3 is 0 Å². The van der Waals surface area contributed by atoms with Gasteiger partial charge in [0.15, 0.2) is 0 Å². The molecule has 0 aliphatic carbocycles. The summed E-state index contributed by atoms with van der Waals surface area (Å²) in [4.78, 5) is 5.60. The minimum absolute atomic E-state index is 1.16. The van der Waals surface area contributed by atoms with Crippen molar-refractivity contribution in [1.29, 1.82) is 0 Å². The van der Waals surface area contributed by atoms with Gasteiger partial charge in [0.1, 0.15) is 16.2 Å². The Morgan fingerprint density at radius 3 is 3.42 bits per heavy atom. The van der Waals surface area contributed by atoms with Gasteiger partial charge in [-0.3, -0.25) is 4.40 Å². The second-order valence-electron chi connectivity index (χ2n) is 2.51. The predicted octanol–water partition coefficient (Wildman–Crippen LogP) is 2.90. The van der Waals surface area contributed by atoms with Gasteiger partial charge in [0, 0.05) is 11.6 Å². The lowest BCUT2D eigenvalue weighted by molar-refractivity contribution is 1.10. The van der Waals surface area contributed by atoms with Gasteiger partial charge in [0.05, 0.1) is 0 Å². The van der Waals surface area contributed by atoms with E-state index < -0.39 is 0 Å². The van der Waals surface area contributed by atoms with Crippen LogP contribution in [0.4, 0.5) is 0 Å². The minimum atomic E-state index is 1.16. The van der Waals surface area contributed by atoms with E-state index in [0.717, 1.165) is 5.75 Å². The summed E-state index contributed by atoms with van der Waals surface area (Å²) < 4.78 is 2.07. The van der Waals surface area contributed by atoms with Crippen molar-refractivity contribution in [2.24, 2.45) is 0 Å². The summed E-state index contributed by atoms with van der Waals surface area (Å²) >= 11 is 3.59. The summed E-state index contributed by atoms with van der Waals surface area (Å²) in [7, 11) is 0. The number of thiazole rings is 1. The molecule has 64 valence electrons. The summed E-state index contributed by atoms with van der Waals surface area (Å²) in [5.41, 5.74) is 0. The number of imidazole rings is 1. The fourth-order valence-corrected chi connectivity index (χ4v) is 2.78. The average Bonchev–Trinajstić information content (AvgIpc) is 2.62. The third-order valence-corrected chi connectivity index (χ3v) is 3.76. The van der Waals surface area contributed by atoms with Gasteiger partial charge in [0.25, 0.3) is 0 Å². The first-order valence-electron chi connectivity index (χ1n) is 3.94. The van der Waals surface area contributed by atoms with Crippen LogP contribution in [0.2, 0.25) is 0 Å². The quantitative estimate of drug-likeness (QED) is 0.705. The number of hydrogen-bond acceptors (Lipinski definition) is 3. The van der Waals surface area contributed by atoms with Crippen LogP contribution in [0.15, 0.2) is 22.9 Å². The van der Waals surface area contributed by atoms with E-state index in [4.69, 9.17) is 0 Å². The Balaban J connectivity index is 2.28. The van der Waals surface area contributed by atoms with E-state index >= 15 is 0 Å². The van der Waals surface area contributed by atoms with Crippen LogP contribution in [0.3, 0.4) is 0 Å². The molecule has 12 heavy (non-hydrogen) atoms. The number of thioether (sulfide) groups is 1. The van der Waals surface area contributed by atoms with E-state index in [2.05, 4.69) is 21.7 Å². The third kappa shape index (κ3) is 1.36. The number of nitrogens with zero attached hydrogens (tertiary/aromatic N) is 2. The molecule has 0 aliphatic rings. The van der Waals surface area contributed by atoms with Crippen LogP contribution in [0, 0.1) is 0 Å². The summed E-state index contributed by atoms with van der Waals surface area (Å²) in [5.74, 6) is 1.16. The first-order valence-corrected chi connectivity index (χ1v) is 5.81. The molecule has 0 atom stereocenters. The van der Waals surface area contributed by atoms with E-state index in [9.17, 15) is 0 Å². The second-order valence-corrected chi connectivity index (χ2v) is 4.49. The molecule has 0 N–H and O–H groups in total. The Bertz CT molecular complexity index is 364. The monoisotopic (exact) mass is 198 g/mol. The van der Waals surface area contributed by atoms with Crippen LogP contribution < -0.4 is 0 Å². The van der Waals surface area contributed by atoms with Gasteiger partial charge in [-0.25, -0.2) is 4.98 Å². The first kappa shape index (κ1) is 8.13. The van der Waals surface area contributed by atoms with Crippen LogP contribution >= 0.6 is 23.1 Å². The van der Waals surface area contributed by atoms with Crippen molar-refractivity contribution in [3.05, 3.63) is 17.9 Å². The molecule has 0 bridgehead atoms. The molecule has 2 aromatic rings. The van der Waals surface area contributed by atoms with Gasteiger partial charge < -0.3 is 0 Å². The zero-order valence-electron chi connectivity index (χ0n) is 6.86. The summed E-state index contributed by atoms with van der Waals surface area (Å²) in [6, 6.07) is 0. The molecule has 0 fully saturated rings. The van der Waals surface area contributed by atoms with Crippen molar-refractivity contribution in [1.82, 2.24) is 9.38 Å². The molecule has 2 heterocycles. The zero-order valence-corrected chi connectivity index (χ0v) is 8.49. The van der Waals surface area contributed by atoms with Crippen molar-refractivity contribution in [3.63, 3.8) is 0 Å². The molecule has 0 amide bonds. The summed E-state index contributed by atoms with van der Waals surface area (Å²) in [6.07, 6.45) is 5.13. The van der Waals surface area contributed by atoms with Crippen molar-refractivity contribution < 1.29 is 0 Å². The lowest BCUT2D eigenvalue weighted by Crippen LogP contribution is -1.74. The molecule has 0 saturated heterocycles. The fourth-order valence-electron chi connectivity index (χ4n) is 1.01. The van der Waals surface area contributed by atoms with Crippen molar-refractivity contribution in [2.75, 3.05) is 5.75 Å². The number of aromatic nitrogens is 2. The smallest absolute Gasteiger partial charge is 0.133 e.